The van der Waals surface area contributed by atoms with Crippen molar-refractivity contribution in [2.75, 3.05) is 13.3 Å². The molecule has 1 heterocycles. The van der Waals surface area contributed by atoms with Gasteiger partial charge in [-0.3, -0.25) is 0 Å². The highest BCUT2D eigenvalue weighted by atomic mass is 31.1. The first-order chi connectivity index (χ1) is 6.58. The Labute approximate surface area is 88.7 Å². The summed E-state index contributed by atoms with van der Waals surface area (Å²) in [6, 6.07) is 0. The zero-order chi connectivity index (χ0) is 10.6. The Morgan fingerprint density at radius 2 is 2.14 bits per heavy atom. The fourth-order valence-electron chi connectivity index (χ4n) is 1.45. The van der Waals surface area contributed by atoms with Crippen molar-refractivity contribution in [2.24, 2.45) is 5.92 Å². The Balaban J connectivity index is 2.59. The van der Waals surface area contributed by atoms with Crippen LogP contribution in [-0.2, 0) is 0 Å². The normalized spacial score (nSPS) is 19.0. The number of rotatable bonds is 3. The second kappa shape index (κ2) is 5.36. The predicted octanol–water partition coefficient (Wildman–Crippen LogP) is 3.66. The summed E-state index contributed by atoms with van der Waals surface area (Å²) in [5.74, 6) is 3.03. The Hall–Kier alpha value is -0.550. The van der Waals surface area contributed by atoms with Gasteiger partial charge in [-0.05, 0) is 43.6 Å². The quantitative estimate of drug-likeness (QED) is 0.699. The molecule has 2 heteroatoms. The third-order valence-corrected chi connectivity index (χ3v) is 2.70. The molecule has 1 N–H and O–H groups in total. The molecule has 0 aromatic carbocycles. The van der Waals surface area contributed by atoms with E-state index in [2.05, 4.69) is 56.5 Å². The largest absolute Gasteiger partial charge is 0.359 e. The highest BCUT2D eigenvalue weighted by Gasteiger charge is 2.05. The molecular weight excluding hydrogens is 189 g/mol. The lowest BCUT2D eigenvalue weighted by Gasteiger charge is -2.17. The van der Waals surface area contributed by atoms with Gasteiger partial charge in [0.1, 0.15) is 0 Å². The topological polar surface area (TPSA) is 12.0 Å². The van der Waals surface area contributed by atoms with Crippen LogP contribution in [0.4, 0.5) is 0 Å². The lowest BCUT2D eigenvalue weighted by molar-refractivity contribution is 0.619. The maximum absolute atomic E-state index is 3.47. The Bertz CT molecular complexity index is 272. The van der Waals surface area contributed by atoms with Gasteiger partial charge in [0.25, 0.3) is 0 Å². The van der Waals surface area contributed by atoms with E-state index in [0.717, 1.165) is 6.42 Å². The fraction of sp³-hybridized carbons (Fsp3) is 0.500. The highest BCUT2D eigenvalue weighted by Crippen LogP contribution is 2.29. The van der Waals surface area contributed by atoms with E-state index in [9.17, 15) is 0 Å². The van der Waals surface area contributed by atoms with Crippen LogP contribution in [0.1, 0.15) is 20.3 Å². The molecule has 0 saturated heterocycles. The van der Waals surface area contributed by atoms with Gasteiger partial charge in [0.05, 0.1) is 0 Å². The molecule has 1 aliphatic heterocycles. The summed E-state index contributed by atoms with van der Waals surface area (Å²) in [7, 11) is 0.0343. The van der Waals surface area contributed by atoms with Gasteiger partial charge in [0, 0.05) is 11.4 Å². The molecule has 0 bridgehead atoms. The highest BCUT2D eigenvalue weighted by molar-refractivity contribution is 7.59. The van der Waals surface area contributed by atoms with Crippen LogP contribution in [0.2, 0.25) is 0 Å². The molecule has 0 spiro atoms. The fourth-order valence-corrected chi connectivity index (χ4v) is 2.16. The average Bonchev–Trinajstić information content (AvgIpc) is 2.01. The summed E-state index contributed by atoms with van der Waals surface area (Å²) in [6.07, 6.45) is 7.59. The maximum Gasteiger partial charge on any atom is 0.0386 e. The zero-order valence-corrected chi connectivity index (χ0v) is 10.4. The predicted molar refractivity (Wildman–Crippen MR) is 66.7 cm³/mol. The molecule has 14 heavy (non-hydrogen) atoms. The molecule has 1 rings (SSSR count). The minimum atomic E-state index is 0.0343. The van der Waals surface area contributed by atoms with E-state index in [-0.39, 0.29) is 7.92 Å². The molecule has 0 aliphatic carbocycles. The molecule has 0 saturated carbocycles. The molecule has 0 unspecified atom stereocenters. The summed E-state index contributed by atoms with van der Waals surface area (Å²) in [4.78, 5) is 0. The molecule has 0 aromatic rings. The van der Waals surface area contributed by atoms with Gasteiger partial charge >= 0.3 is 0 Å². The Kier molecular flexibility index (Phi) is 4.41. The maximum atomic E-state index is 3.47. The summed E-state index contributed by atoms with van der Waals surface area (Å²) < 4.78 is 0. The van der Waals surface area contributed by atoms with Crippen molar-refractivity contribution in [3.8, 4) is 0 Å². The molecular formula is C12H20NP. The van der Waals surface area contributed by atoms with Gasteiger partial charge in [0.2, 0.25) is 0 Å². The summed E-state index contributed by atoms with van der Waals surface area (Å²) in [5, 5.41) is 3.47. The van der Waals surface area contributed by atoms with Crippen LogP contribution in [0, 0.1) is 5.92 Å². The van der Waals surface area contributed by atoms with Crippen LogP contribution >= 0.6 is 7.92 Å². The van der Waals surface area contributed by atoms with Crippen molar-refractivity contribution in [2.45, 2.75) is 20.3 Å². The molecule has 1 aliphatic rings. The van der Waals surface area contributed by atoms with Gasteiger partial charge in [-0.15, -0.1) is 0 Å². The number of dihydropyridines is 1. The van der Waals surface area contributed by atoms with Crippen molar-refractivity contribution in [1.82, 2.24) is 5.32 Å². The van der Waals surface area contributed by atoms with Gasteiger partial charge in [-0.1, -0.05) is 27.8 Å². The van der Waals surface area contributed by atoms with E-state index >= 15 is 0 Å². The average molecular weight is 209 g/mol. The number of nitrogens with one attached hydrogen (secondary N) is 1. The van der Waals surface area contributed by atoms with Crippen LogP contribution in [-0.4, -0.2) is 13.3 Å². The Morgan fingerprint density at radius 3 is 2.71 bits per heavy atom. The lowest BCUT2D eigenvalue weighted by atomic mass is 10.1. The van der Waals surface area contributed by atoms with Gasteiger partial charge in [-0.25, -0.2) is 0 Å². The van der Waals surface area contributed by atoms with E-state index in [1.54, 1.807) is 0 Å². The van der Waals surface area contributed by atoms with Crippen molar-refractivity contribution in [3.05, 3.63) is 35.4 Å². The van der Waals surface area contributed by atoms with Gasteiger partial charge in [-0.2, -0.15) is 0 Å². The molecule has 78 valence electrons. The Morgan fingerprint density at radius 1 is 1.43 bits per heavy atom. The molecule has 0 aromatic heterocycles. The van der Waals surface area contributed by atoms with Crippen molar-refractivity contribution >= 4 is 7.92 Å². The van der Waals surface area contributed by atoms with Crippen molar-refractivity contribution in [1.29, 1.82) is 0 Å². The summed E-state index contributed by atoms with van der Waals surface area (Å²) >= 11 is 0. The van der Waals surface area contributed by atoms with E-state index < -0.39 is 0 Å². The monoisotopic (exact) mass is 209 g/mol. The van der Waals surface area contributed by atoms with Gasteiger partial charge in [0.15, 0.2) is 0 Å². The molecule has 0 amide bonds. The molecule has 0 radical (unpaired) electrons. The SMILES string of the molecule is CC(C)CC1=CC=CC(=CP(C)C)N1. The van der Waals surface area contributed by atoms with Crippen LogP contribution in [0.3, 0.4) is 0 Å². The molecule has 0 atom stereocenters. The standard InChI is InChI=1S/C12H20NP/c1-10(2)8-11-6-5-7-12(13-11)9-14(3)4/h5-7,9-10,13H,8H2,1-4H3. The van der Waals surface area contributed by atoms with E-state index in [0.29, 0.717) is 5.92 Å². The van der Waals surface area contributed by atoms with Crippen LogP contribution < -0.4 is 5.32 Å². The third kappa shape index (κ3) is 4.11. The van der Waals surface area contributed by atoms with E-state index in [1.807, 2.05) is 0 Å². The number of hydrogen-bond donors (Lipinski definition) is 1. The smallest absolute Gasteiger partial charge is 0.0386 e. The van der Waals surface area contributed by atoms with Crippen LogP contribution in [0.5, 0.6) is 0 Å². The first-order valence-corrected chi connectivity index (χ1v) is 7.41. The van der Waals surface area contributed by atoms with Gasteiger partial charge < -0.3 is 5.32 Å². The molecule has 1 nitrogen and oxygen atoms in total. The second-order valence-corrected chi connectivity index (χ2v) is 6.51. The minimum Gasteiger partial charge on any atom is -0.359 e. The number of hydrogen-bond acceptors (Lipinski definition) is 1. The first kappa shape index (κ1) is 11.5. The summed E-state index contributed by atoms with van der Waals surface area (Å²) in [5.41, 5.74) is 2.60. The van der Waals surface area contributed by atoms with Crippen LogP contribution in [0.25, 0.3) is 0 Å². The number of allylic oxidation sites excluding steroid dienone is 4. The second-order valence-electron chi connectivity index (χ2n) is 4.32. The third-order valence-electron chi connectivity index (χ3n) is 1.90. The van der Waals surface area contributed by atoms with E-state index in [4.69, 9.17) is 0 Å². The van der Waals surface area contributed by atoms with E-state index in [1.165, 1.54) is 11.4 Å². The minimum absolute atomic E-state index is 0.0343. The zero-order valence-electron chi connectivity index (χ0n) is 9.54. The van der Waals surface area contributed by atoms with Crippen molar-refractivity contribution < 1.29 is 0 Å². The molecule has 0 fully saturated rings. The summed E-state index contributed by atoms with van der Waals surface area (Å²) in [6.45, 7) is 9.02. The first-order valence-electron chi connectivity index (χ1n) is 5.10. The lowest BCUT2D eigenvalue weighted by Crippen LogP contribution is -2.15. The van der Waals surface area contributed by atoms with Crippen LogP contribution in [0.15, 0.2) is 35.4 Å². The van der Waals surface area contributed by atoms with Crippen molar-refractivity contribution in [3.63, 3.8) is 0 Å².